The average Bonchev–Trinajstić information content (AvgIpc) is 2.37. The first-order valence-corrected chi connectivity index (χ1v) is 6.04. The Bertz CT molecular complexity index is 654. The number of pyridine rings is 1. The number of benzene rings is 1. The van der Waals surface area contributed by atoms with E-state index in [1.807, 2.05) is 19.1 Å². The SMILES string of the molecule is Cc1cccc(CN(C)c2c(F)cc(C#N)cc2F)n1. The predicted molar refractivity (Wildman–Crippen MR) is 72.2 cm³/mol. The second kappa shape index (κ2) is 5.66. The highest BCUT2D eigenvalue weighted by molar-refractivity contribution is 5.52. The lowest BCUT2D eigenvalue weighted by Gasteiger charge is -2.20. The van der Waals surface area contributed by atoms with Crippen molar-refractivity contribution in [3.05, 3.63) is 58.9 Å². The highest BCUT2D eigenvalue weighted by atomic mass is 19.1. The number of nitrogens with zero attached hydrogens (tertiary/aromatic N) is 3. The molecule has 0 atom stereocenters. The summed E-state index contributed by atoms with van der Waals surface area (Å²) in [5.74, 6) is -1.51. The molecule has 0 N–H and O–H groups in total. The van der Waals surface area contributed by atoms with Crippen molar-refractivity contribution in [2.45, 2.75) is 13.5 Å². The van der Waals surface area contributed by atoms with Gasteiger partial charge in [-0.3, -0.25) is 4.98 Å². The molecule has 5 heteroatoms. The van der Waals surface area contributed by atoms with E-state index in [9.17, 15) is 8.78 Å². The van der Waals surface area contributed by atoms with Crippen molar-refractivity contribution < 1.29 is 8.78 Å². The van der Waals surface area contributed by atoms with Crippen LogP contribution in [-0.4, -0.2) is 12.0 Å². The zero-order valence-electron chi connectivity index (χ0n) is 11.2. The van der Waals surface area contributed by atoms with Gasteiger partial charge in [0.05, 0.1) is 23.9 Å². The fourth-order valence-electron chi connectivity index (χ4n) is 2.00. The number of nitriles is 1. The van der Waals surface area contributed by atoms with Gasteiger partial charge in [0.25, 0.3) is 0 Å². The van der Waals surface area contributed by atoms with Crippen molar-refractivity contribution in [3.8, 4) is 6.07 Å². The van der Waals surface area contributed by atoms with Gasteiger partial charge in [-0.25, -0.2) is 8.78 Å². The molecular formula is C15H13F2N3. The lowest BCUT2D eigenvalue weighted by Crippen LogP contribution is -2.20. The summed E-state index contributed by atoms with van der Waals surface area (Å²) in [6.45, 7) is 2.13. The van der Waals surface area contributed by atoms with Gasteiger partial charge >= 0.3 is 0 Å². The maximum atomic E-state index is 13.9. The monoisotopic (exact) mass is 273 g/mol. The molecule has 0 aliphatic carbocycles. The zero-order valence-corrected chi connectivity index (χ0v) is 11.2. The number of anilines is 1. The third-order valence-corrected chi connectivity index (χ3v) is 2.87. The van der Waals surface area contributed by atoms with E-state index in [0.29, 0.717) is 0 Å². The molecule has 0 spiro atoms. The minimum absolute atomic E-state index is 0.0363. The Morgan fingerprint density at radius 3 is 2.45 bits per heavy atom. The fraction of sp³-hybridized carbons (Fsp3) is 0.200. The maximum Gasteiger partial charge on any atom is 0.150 e. The minimum Gasteiger partial charge on any atom is -0.364 e. The third-order valence-electron chi connectivity index (χ3n) is 2.87. The van der Waals surface area contributed by atoms with Crippen LogP contribution in [0, 0.1) is 29.9 Å². The Hall–Kier alpha value is -2.48. The summed E-state index contributed by atoms with van der Waals surface area (Å²) in [6.07, 6.45) is 0. The number of aromatic nitrogens is 1. The Labute approximate surface area is 116 Å². The molecule has 0 saturated heterocycles. The largest absolute Gasteiger partial charge is 0.364 e. The second-order valence-corrected chi connectivity index (χ2v) is 4.53. The molecule has 3 nitrogen and oxygen atoms in total. The van der Waals surface area contributed by atoms with Gasteiger partial charge in [0.2, 0.25) is 0 Å². The van der Waals surface area contributed by atoms with E-state index in [2.05, 4.69) is 4.98 Å². The normalized spacial score (nSPS) is 10.2. The van der Waals surface area contributed by atoms with E-state index in [1.54, 1.807) is 19.2 Å². The molecular weight excluding hydrogens is 260 g/mol. The first kappa shape index (κ1) is 13.9. The quantitative estimate of drug-likeness (QED) is 0.862. The molecule has 1 aromatic carbocycles. The summed E-state index contributed by atoms with van der Waals surface area (Å²) < 4.78 is 27.8. The van der Waals surface area contributed by atoms with E-state index in [4.69, 9.17) is 5.26 Å². The molecule has 0 bridgehead atoms. The molecule has 102 valence electrons. The van der Waals surface area contributed by atoms with Crippen LogP contribution >= 0.6 is 0 Å². The van der Waals surface area contributed by atoms with Crippen LogP contribution in [0.3, 0.4) is 0 Å². The van der Waals surface area contributed by atoms with Crippen LogP contribution in [-0.2, 0) is 6.54 Å². The van der Waals surface area contributed by atoms with Crippen LogP contribution in [0.2, 0.25) is 0 Å². The highest BCUT2D eigenvalue weighted by Crippen LogP contribution is 2.25. The zero-order chi connectivity index (χ0) is 14.7. The molecule has 1 aromatic heterocycles. The lowest BCUT2D eigenvalue weighted by atomic mass is 10.2. The molecule has 20 heavy (non-hydrogen) atoms. The highest BCUT2D eigenvalue weighted by Gasteiger charge is 2.16. The van der Waals surface area contributed by atoms with Crippen LogP contribution in [0.5, 0.6) is 0 Å². The van der Waals surface area contributed by atoms with Crippen LogP contribution in [0.15, 0.2) is 30.3 Å². The molecule has 0 unspecified atom stereocenters. The Morgan fingerprint density at radius 1 is 1.25 bits per heavy atom. The Morgan fingerprint density at radius 2 is 1.90 bits per heavy atom. The molecule has 0 aliphatic rings. The smallest absolute Gasteiger partial charge is 0.150 e. The standard InChI is InChI=1S/C15H13F2N3/c1-10-4-3-5-12(19-10)9-20(2)15-13(16)6-11(8-18)7-14(15)17/h3-7H,9H2,1-2H3. The summed E-state index contributed by atoms with van der Waals surface area (Å²) in [6, 6.07) is 9.27. The van der Waals surface area contributed by atoms with Gasteiger partial charge in [0.15, 0.2) is 11.6 Å². The fourth-order valence-corrected chi connectivity index (χ4v) is 2.00. The molecule has 2 rings (SSSR count). The summed E-state index contributed by atoms with van der Waals surface area (Å²) >= 11 is 0. The molecule has 0 radical (unpaired) electrons. The van der Waals surface area contributed by atoms with Gasteiger partial charge in [0, 0.05) is 12.7 Å². The van der Waals surface area contributed by atoms with Crippen LogP contribution in [0.4, 0.5) is 14.5 Å². The minimum atomic E-state index is -0.753. The van der Waals surface area contributed by atoms with Gasteiger partial charge in [0.1, 0.15) is 5.69 Å². The summed E-state index contributed by atoms with van der Waals surface area (Å²) in [7, 11) is 1.58. The van der Waals surface area contributed by atoms with Crippen molar-refractivity contribution in [1.29, 1.82) is 5.26 Å². The maximum absolute atomic E-state index is 13.9. The lowest BCUT2D eigenvalue weighted by molar-refractivity contribution is 0.575. The first-order chi connectivity index (χ1) is 9.51. The van der Waals surface area contributed by atoms with Crippen molar-refractivity contribution in [2.75, 3.05) is 11.9 Å². The van der Waals surface area contributed by atoms with E-state index in [-0.39, 0.29) is 17.8 Å². The third kappa shape index (κ3) is 2.91. The molecule has 1 heterocycles. The Kier molecular flexibility index (Phi) is 3.94. The molecule has 0 amide bonds. The van der Waals surface area contributed by atoms with Crippen LogP contribution in [0.1, 0.15) is 17.0 Å². The van der Waals surface area contributed by atoms with Crippen molar-refractivity contribution in [1.82, 2.24) is 4.98 Å². The summed E-state index contributed by atoms with van der Waals surface area (Å²) in [5, 5.41) is 8.67. The van der Waals surface area contributed by atoms with Gasteiger partial charge in [-0.2, -0.15) is 5.26 Å². The van der Waals surface area contributed by atoms with E-state index >= 15 is 0 Å². The number of rotatable bonds is 3. The topological polar surface area (TPSA) is 39.9 Å². The van der Waals surface area contributed by atoms with Crippen LogP contribution in [0.25, 0.3) is 0 Å². The second-order valence-electron chi connectivity index (χ2n) is 4.53. The van der Waals surface area contributed by atoms with Crippen molar-refractivity contribution >= 4 is 5.69 Å². The summed E-state index contributed by atoms with van der Waals surface area (Å²) in [4.78, 5) is 5.73. The van der Waals surface area contributed by atoms with Gasteiger partial charge in [-0.05, 0) is 31.2 Å². The number of aryl methyl sites for hydroxylation is 1. The van der Waals surface area contributed by atoms with E-state index in [0.717, 1.165) is 23.5 Å². The van der Waals surface area contributed by atoms with Crippen molar-refractivity contribution in [2.24, 2.45) is 0 Å². The first-order valence-electron chi connectivity index (χ1n) is 6.04. The summed E-state index contributed by atoms with van der Waals surface area (Å²) in [5.41, 5.74) is 1.37. The number of halogens is 2. The Balaban J connectivity index is 2.30. The van der Waals surface area contributed by atoms with Gasteiger partial charge in [-0.15, -0.1) is 0 Å². The van der Waals surface area contributed by atoms with Gasteiger partial charge < -0.3 is 4.90 Å². The van der Waals surface area contributed by atoms with E-state index < -0.39 is 11.6 Å². The predicted octanol–water partition coefficient (Wildman–Crippen LogP) is 3.18. The molecule has 0 fully saturated rings. The van der Waals surface area contributed by atoms with Crippen molar-refractivity contribution in [3.63, 3.8) is 0 Å². The molecule has 0 aliphatic heterocycles. The van der Waals surface area contributed by atoms with Crippen LogP contribution < -0.4 is 4.90 Å². The average molecular weight is 273 g/mol. The molecule has 2 aromatic rings. The molecule has 0 saturated carbocycles. The number of hydrogen-bond acceptors (Lipinski definition) is 3. The van der Waals surface area contributed by atoms with Gasteiger partial charge in [-0.1, -0.05) is 6.07 Å². The van der Waals surface area contributed by atoms with E-state index in [1.165, 1.54) is 4.90 Å². The number of hydrogen-bond donors (Lipinski definition) is 0.